The molecule has 0 aliphatic carbocycles. The molecule has 1 heterocycles. The molecule has 0 amide bonds. The second-order valence-corrected chi connectivity index (χ2v) is 24.7. The van der Waals surface area contributed by atoms with E-state index in [0.29, 0.717) is 0 Å². The van der Waals surface area contributed by atoms with Crippen LogP contribution in [0.4, 0.5) is 0 Å². The van der Waals surface area contributed by atoms with Gasteiger partial charge in [-0.1, -0.05) is 0 Å². The van der Waals surface area contributed by atoms with Crippen molar-refractivity contribution in [2.24, 2.45) is 0 Å². The van der Waals surface area contributed by atoms with Crippen molar-refractivity contribution in [1.82, 2.24) is 0 Å². The summed E-state index contributed by atoms with van der Waals surface area (Å²) in [7, 11) is 0. The molecule has 0 atom stereocenters. The Balaban J connectivity index is 2.05. The van der Waals surface area contributed by atoms with Gasteiger partial charge in [0.25, 0.3) is 0 Å². The first kappa shape index (κ1) is 10.3. The molecule has 0 unspecified atom stereocenters. The standard InChI is InChI=1S/C11H15ITe/c12-13(8-4-5-9-13)10-11-6-2-1-3-7-11/h1-3,6-7H,4-5,8-10H2. The van der Waals surface area contributed by atoms with Crippen molar-refractivity contribution in [3.05, 3.63) is 35.9 Å². The zero-order valence-electron chi connectivity index (χ0n) is 7.71. The zero-order valence-corrected chi connectivity index (χ0v) is 12.2. The third-order valence-corrected chi connectivity index (χ3v) is 18.8. The topological polar surface area (TPSA) is 0 Å². The first-order valence-corrected chi connectivity index (χ1v) is 16.5. The molecule has 0 spiro atoms. The van der Waals surface area contributed by atoms with Gasteiger partial charge in [0.1, 0.15) is 0 Å². The molecule has 1 aliphatic rings. The van der Waals surface area contributed by atoms with Crippen LogP contribution >= 0.6 is 18.7 Å². The molecule has 1 saturated heterocycles. The van der Waals surface area contributed by atoms with Gasteiger partial charge in [0, 0.05) is 0 Å². The van der Waals surface area contributed by atoms with Crippen molar-refractivity contribution in [1.29, 1.82) is 0 Å². The Morgan fingerprint density at radius 2 is 1.69 bits per heavy atom. The van der Waals surface area contributed by atoms with Gasteiger partial charge in [-0.05, 0) is 0 Å². The molecule has 0 radical (unpaired) electrons. The fourth-order valence-corrected chi connectivity index (χ4v) is 16.2. The van der Waals surface area contributed by atoms with E-state index < -0.39 is 14.2 Å². The van der Waals surface area contributed by atoms with Gasteiger partial charge >= 0.3 is 95.1 Å². The summed E-state index contributed by atoms with van der Waals surface area (Å²) in [5, 5.41) is 0. The van der Waals surface area contributed by atoms with E-state index in [1.54, 1.807) is 14.5 Å². The number of hydrogen-bond acceptors (Lipinski definition) is 0. The van der Waals surface area contributed by atoms with E-state index in [4.69, 9.17) is 0 Å². The van der Waals surface area contributed by atoms with Crippen LogP contribution in [-0.2, 0) is 4.47 Å². The van der Waals surface area contributed by atoms with Crippen LogP contribution in [0.3, 0.4) is 0 Å². The van der Waals surface area contributed by atoms with Gasteiger partial charge < -0.3 is 0 Å². The van der Waals surface area contributed by atoms with E-state index in [0.717, 1.165) is 0 Å². The molecule has 1 aromatic rings. The van der Waals surface area contributed by atoms with Crippen LogP contribution in [0, 0.1) is 0 Å². The number of hydrogen-bond donors (Lipinski definition) is 0. The summed E-state index contributed by atoms with van der Waals surface area (Å²) in [5.41, 5.74) is 1.58. The monoisotopic (exact) mass is 404 g/mol. The minimum atomic E-state index is -1.38. The second-order valence-electron chi connectivity index (χ2n) is 3.68. The Labute approximate surface area is 94.2 Å². The van der Waals surface area contributed by atoms with Crippen LogP contribution in [0.5, 0.6) is 0 Å². The molecule has 1 aromatic carbocycles. The molecule has 0 N–H and O–H groups in total. The third-order valence-electron chi connectivity index (χ3n) is 2.54. The number of rotatable bonds is 2. The molecular formula is C11H15ITe. The number of halogens is 1. The molecule has 0 bridgehead atoms. The molecule has 0 saturated carbocycles. The van der Waals surface area contributed by atoms with E-state index >= 15 is 0 Å². The summed E-state index contributed by atoms with van der Waals surface area (Å²) >= 11 is 1.48. The van der Waals surface area contributed by atoms with E-state index in [9.17, 15) is 0 Å². The fraction of sp³-hybridized carbons (Fsp3) is 0.455. The Morgan fingerprint density at radius 1 is 1.08 bits per heavy atom. The summed E-state index contributed by atoms with van der Waals surface area (Å²) < 4.78 is 4.64. The first-order chi connectivity index (χ1) is 6.29. The molecule has 1 aliphatic heterocycles. The molecule has 2 rings (SSSR count). The SMILES string of the molecule is I[Te]1(Cc2ccccc2)CCCC1. The molecule has 13 heavy (non-hydrogen) atoms. The van der Waals surface area contributed by atoms with Crippen LogP contribution in [0.25, 0.3) is 0 Å². The number of benzene rings is 1. The molecule has 0 aromatic heterocycles. The van der Waals surface area contributed by atoms with Crippen molar-refractivity contribution >= 4 is 32.9 Å². The van der Waals surface area contributed by atoms with Crippen LogP contribution in [0.2, 0.25) is 8.94 Å². The third kappa shape index (κ3) is 2.84. The van der Waals surface area contributed by atoms with E-state index in [-0.39, 0.29) is 0 Å². The van der Waals surface area contributed by atoms with Gasteiger partial charge in [-0.2, -0.15) is 0 Å². The summed E-state index contributed by atoms with van der Waals surface area (Å²) in [4.78, 5) is 0. The Hall–Kier alpha value is 0.740. The minimum absolute atomic E-state index is 1.38. The van der Waals surface area contributed by atoms with E-state index in [1.165, 1.54) is 17.3 Å². The van der Waals surface area contributed by atoms with Gasteiger partial charge in [-0.3, -0.25) is 0 Å². The van der Waals surface area contributed by atoms with Gasteiger partial charge in [0.2, 0.25) is 0 Å². The predicted molar refractivity (Wildman–Crippen MR) is 68.8 cm³/mol. The summed E-state index contributed by atoms with van der Waals surface area (Å²) in [6.45, 7) is 0. The van der Waals surface area contributed by atoms with Crippen molar-refractivity contribution in [3.8, 4) is 0 Å². The van der Waals surface area contributed by atoms with Crippen LogP contribution in [0.15, 0.2) is 30.3 Å². The van der Waals surface area contributed by atoms with Gasteiger partial charge in [-0.25, -0.2) is 0 Å². The van der Waals surface area contributed by atoms with E-state index in [2.05, 4.69) is 49.0 Å². The van der Waals surface area contributed by atoms with Crippen molar-refractivity contribution in [2.45, 2.75) is 26.2 Å². The van der Waals surface area contributed by atoms with Crippen LogP contribution < -0.4 is 0 Å². The molecular weight excluding hydrogens is 387 g/mol. The predicted octanol–water partition coefficient (Wildman–Crippen LogP) is 3.94. The first-order valence-electron chi connectivity index (χ1n) is 4.78. The summed E-state index contributed by atoms with van der Waals surface area (Å²) in [6, 6.07) is 11.1. The van der Waals surface area contributed by atoms with Crippen LogP contribution in [-0.4, -0.2) is 14.2 Å². The Bertz CT molecular complexity index is 265. The average molecular weight is 402 g/mol. The van der Waals surface area contributed by atoms with Gasteiger partial charge in [-0.15, -0.1) is 0 Å². The molecule has 72 valence electrons. The normalized spacial score (nSPS) is 22.8. The molecule has 2 heteroatoms. The second kappa shape index (κ2) is 4.51. The molecule has 1 fully saturated rings. The Kier molecular flexibility index (Phi) is 3.56. The van der Waals surface area contributed by atoms with E-state index in [1.807, 2.05) is 0 Å². The van der Waals surface area contributed by atoms with Gasteiger partial charge in [0.05, 0.1) is 0 Å². The van der Waals surface area contributed by atoms with Crippen molar-refractivity contribution in [3.63, 3.8) is 0 Å². The fourth-order valence-electron chi connectivity index (χ4n) is 1.84. The summed E-state index contributed by atoms with van der Waals surface area (Å²) in [6.07, 6.45) is 3.02. The van der Waals surface area contributed by atoms with Crippen molar-refractivity contribution in [2.75, 3.05) is 0 Å². The quantitative estimate of drug-likeness (QED) is 0.520. The van der Waals surface area contributed by atoms with Crippen molar-refractivity contribution < 1.29 is 0 Å². The maximum atomic E-state index is 2.86. The maximum absolute atomic E-state index is 2.86. The average Bonchev–Trinajstić information content (AvgIpc) is 2.54. The molecule has 0 nitrogen and oxygen atoms in total. The summed E-state index contributed by atoms with van der Waals surface area (Å²) in [5.74, 6) is 0. The van der Waals surface area contributed by atoms with Gasteiger partial charge in [0.15, 0.2) is 0 Å². The van der Waals surface area contributed by atoms with Crippen LogP contribution in [0.1, 0.15) is 18.4 Å². The zero-order chi connectivity index (χ0) is 9.15. The Morgan fingerprint density at radius 3 is 2.31 bits per heavy atom.